The monoisotopic (exact) mass is 353 g/mol. The van der Waals surface area contributed by atoms with Crippen molar-refractivity contribution in [3.63, 3.8) is 0 Å². The number of rotatable bonds is 2. The van der Waals surface area contributed by atoms with Crippen molar-refractivity contribution in [3.05, 3.63) is 16.6 Å². The number of anilines is 1. The third-order valence-electron chi connectivity index (χ3n) is 1.59. The summed E-state index contributed by atoms with van der Waals surface area (Å²) >= 11 is 2.76. The summed E-state index contributed by atoms with van der Waals surface area (Å²) in [5.41, 5.74) is 4.54. The van der Waals surface area contributed by atoms with Crippen LogP contribution in [0.5, 0.6) is 5.75 Å². The van der Waals surface area contributed by atoms with Gasteiger partial charge in [0.1, 0.15) is 4.90 Å². The second-order valence-corrected chi connectivity index (χ2v) is 6.16. The number of halogens is 5. The van der Waals surface area contributed by atoms with E-state index in [-0.39, 0.29) is 4.47 Å². The van der Waals surface area contributed by atoms with Gasteiger partial charge in [0, 0.05) is 10.7 Å². The maximum Gasteiger partial charge on any atom is 0.573 e. The van der Waals surface area contributed by atoms with E-state index in [9.17, 15) is 21.6 Å². The summed E-state index contributed by atoms with van der Waals surface area (Å²) in [5.74, 6) is -0.848. The molecule has 1 aromatic carbocycles. The van der Waals surface area contributed by atoms with Crippen LogP contribution in [-0.2, 0) is 9.05 Å². The second-order valence-electron chi connectivity index (χ2n) is 2.77. The van der Waals surface area contributed by atoms with Gasteiger partial charge >= 0.3 is 6.36 Å². The van der Waals surface area contributed by atoms with Gasteiger partial charge < -0.3 is 10.5 Å². The molecule has 0 aliphatic rings. The number of alkyl halides is 3. The Morgan fingerprint density at radius 1 is 1.35 bits per heavy atom. The maximum absolute atomic E-state index is 12.0. The molecule has 0 aromatic heterocycles. The second kappa shape index (κ2) is 4.54. The van der Waals surface area contributed by atoms with E-state index < -0.39 is 31.7 Å². The number of nitrogen functional groups attached to an aromatic ring is 1. The predicted molar refractivity (Wildman–Crippen MR) is 58.3 cm³/mol. The summed E-state index contributed by atoms with van der Waals surface area (Å²) in [6.45, 7) is 0. The van der Waals surface area contributed by atoms with Gasteiger partial charge in [0.05, 0.1) is 10.2 Å². The van der Waals surface area contributed by atoms with Gasteiger partial charge in [-0.15, -0.1) is 13.2 Å². The first-order valence-electron chi connectivity index (χ1n) is 3.81. The van der Waals surface area contributed by atoms with Crippen molar-refractivity contribution in [1.82, 2.24) is 0 Å². The number of hydrogen-bond acceptors (Lipinski definition) is 4. The summed E-state index contributed by atoms with van der Waals surface area (Å²) in [6, 6.07) is 2.00. The Bertz CT molecular complexity index is 546. The van der Waals surface area contributed by atoms with Crippen LogP contribution < -0.4 is 10.5 Å². The van der Waals surface area contributed by atoms with Gasteiger partial charge in [-0.25, -0.2) is 8.42 Å². The third kappa shape index (κ3) is 3.65. The summed E-state index contributed by atoms with van der Waals surface area (Å²) in [4.78, 5) is -0.651. The van der Waals surface area contributed by atoms with Crippen LogP contribution in [0.1, 0.15) is 0 Å². The molecule has 0 aliphatic carbocycles. The molecule has 0 saturated carbocycles. The van der Waals surface area contributed by atoms with E-state index in [1.165, 1.54) is 0 Å². The standard InChI is InChI=1S/C7H4BrClF3NO3S/c8-3-1-2-4(17(9,14)15)5(13)6(3)16-7(10,11)12/h1-2H,13H2. The number of ether oxygens (including phenoxy) is 1. The minimum Gasteiger partial charge on any atom is -0.402 e. The summed E-state index contributed by atoms with van der Waals surface area (Å²) < 4.78 is 61.6. The van der Waals surface area contributed by atoms with Crippen molar-refractivity contribution < 1.29 is 26.3 Å². The van der Waals surface area contributed by atoms with Crippen LogP contribution in [0.15, 0.2) is 21.5 Å². The molecule has 0 amide bonds. The van der Waals surface area contributed by atoms with Crippen molar-refractivity contribution in [2.75, 3.05) is 5.73 Å². The number of hydrogen-bond donors (Lipinski definition) is 1. The number of nitrogens with two attached hydrogens (primary N) is 1. The minimum atomic E-state index is -4.99. The van der Waals surface area contributed by atoms with Crippen LogP contribution in [0, 0.1) is 0 Å². The van der Waals surface area contributed by atoms with Crippen LogP contribution in [0.25, 0.3) is 0 Å². The molecule has 0 unspecified atom stereocenters. The Labute approximate surface area is 107 Å². The van der Waals surface area contributed by atoms with Gasteiger partial charge in [-0.3, -0.25) is 0 Å². The van der Waals surface area contributed by atoms with Crippen molar-refractivity contribution in [2.45, 2.75) is 11.3 Å². The quantitative estimate of drug-likeness (QED) is 0.655. The Hall–Kier alpha value is -0.670. The fraction of sp³-hybridized carbons (Fsp3) is 0.143. The first-order chi connectivity index (χ1) is 7.52. The zero-order valence-electron chi connectivity index (χ0n) is 7.75. The zero-order chi connectivity index (χ0) is 13.4. The van der Waals surface area contributed by atoms with E-state index in [4.69, 9.17) is 16.4 Å². The summed E-state index contributed by atoms with van der Waals surface area (Å²) in [7, 11) is 0.750. The Morgan fingerprint density at radius 3 is 2.29 bits per heavy atom. The molecule has 1 aromatic rings. The third-order valence-corrected chi connectivity index (χ3v) is 3.59. The molecule has 0 radical (unpaired) electrons. The Kier molecular flexibility index (Phi) is 3.84. The molecular formula is C7H4BrClF3NO3S. The minimum absolute atomic E-state index is 0.142. The van der Waals surface area contributed by atoms with Gasteiger partial charge in [-0.2, -0.15) is 0 Å². The largest absolute Gasteiger partial charge is 0.573 e. The molecule has 0 fully saturated rings. The van der Waals surface area contributed by atoms with Gasteiger partial charge in [-0.05, 0) is 28.1 Å². The highest BCUT2D eigenvalue weighted by atomic mass is 79.9. The first-order valence-corrected chi connectivity index (χ1v) is 6.91. The topological polar surface area (TPSA) is 69.4 Å². The fourth-order valence-corrected chi connectivity index (χ4v) is 2.40. The molecular weight excluding hydrogens is 350 g/mol. The fourth-order valence-electron chi connectivity index (χ4n) is 0.987. The molecule has 10 heteroatoms. The van der Waals surface area contributed by atoms with Gasteiger partial charge in [0.15, 0.2) is 5.75 Å². The smallest absolute Gasteiger partial charge is 0.402 e. The molecule has 96 valence electrons. The van der Waals surface area contributed by atoms with E-state index in [0.29, 0.717) is 0 Å². The molecule has 1 rings (SSSR count). The Balaban J connectivity index is 3.41. The molecule has 4 nitrogen and oxygen atoms in total. The highest BCUT2D eigenvalue weighted by Gasteiger charge is 2.34. The van der Waals surface area contributed by atoms with Gasteiger partial charge in [0.25, 0.3) is 9.05 Å². The first kappa shape index (κ1) is 14.4. The van der Waals surface area contributed by atoms with Crippen molar-refractivity contribution in [2.24, 2.45) is 0 Å². The van der Waals surface area contributed by atoms with E-state index >= 15 is 0 Å². The Morgan fingerprint density at radius 2 is 1.88 bits per heavy atom. The predicted octanol–water partition coefficient (Wildman–Crippen LogP) is 2.86. The van der Waals surface area contributed by atoms with Crippen LogP contribution in [0.3, 0.4) is 0 Å². The molecule has 0 atom stereocenters. The molecule has 2 N–H and O–H groups in total. The average molecular weight is 355 g/mol. The van der Waals surface area contributed by atoms with Crippen LogP contribution in [0.4, 0.5) is 18.9 Å². The molecule has 0 aliphatic heterocycles. The SMILES string of the molecule is Nc1c(S(=O)(=O)Cl)ccc(Br)c1OC(F)(F)F. The van der Waals surface area contributed by atoms with E-state index in [1.807, 2.05) is 0 Å². The van der Waals surface area contributed by atoms with Crippen molar-refractivity contribution in [1.29, 1.82) is 0 Å². The lowest BCUT2D eigenvalue weighted by molar-refractivity contribution is -0.274. The highest BCUT2D eigenvalue weighted by Crippen LogP contribution is 2.40. The molecule has 0 heterocycles. The summed E-state index contributed by atoms with van der Waals surface area (Å²) in [6.07, 6.45) is -4.99. The zero-order valence-corrected chi connectivity index (χ0v) is 10.9. The lowest BCUT2D eigenvalue weighted by atomic mass is 10.3. The molecule has 0 saturated heterocycles. The van der Waals surface area contributed by atoms with Crippen LogP contribution >= 0.6 is 26.6 Å². The average Bonchev–Trinajstić information content (AvgIpc) is 2.08. The molecule has 0 bridgehead atoms. The van der Waals surface area contributed by atoms with E-state index in [2.05, 4.69) is 20.7 Å². The normalized spacial score (nSPS) is 12.5. The molecule has 0 spiro atoms. The van der Waals surface area contributed by atoms with E-state index in [0.717, 1.165) is 12.1 Å². The van der Waals surface area contributed by atoms with Crippen molar-refractivity contribution in [3.8, 4) is 5.75 Å². The number of benzene rings is 1. The lowest BCUT2D eigenvalue weighted by Gasteiger charge is -2.14. The van der Waals surface area contributed by atoms with Crippen LogP contribution in [-0.4, -0.2) is 14.8 Å². The molecule has 17 heavy (non-hydrogen) atoms. The summed E-state index contributed by atoms with van der Waals surface area (Å²) in [5, 5.41) is 0. The lowest BCUT2D eigenvalue weighted by Crippen LogP contribution is -2.19. The van der Waals surface area contributed by atoms with Gasteiger partial charge in [-0.1, -0.05) is 0 Å². The highest BCUT2D eigenvalue weighted by molar-refractivity contribution is 9.10. The van der Waals surface area contributed by atoms with E-state index in [1.54, 1.807) is 0 Å². The van der Waals surface area contributed by atoms with Crippen molar-refractivity contribution >= 4 is 41.4 Å². The van der Waals surface area contributed by atoms with Crippen LogP contribution in [0.2, 0.25) is 0 Å². The van der Waals surface area contributed by atoms with Gasteiger partial charge in [0.2, 0.25) is 0 Å². The maximum atomic E-state index is 12.0.